The normalized spacial score (nSPS) is 15.9. The zero-order valence-corrected chi connectivity index (χ0v) is 20.7. The molecule has 1 atom stereocenters. The SMILES string of the molecule is C=CC(=O)OC.COC(=O)C1=C(O)CCC(C#N)(c2cnc(C)nc2)C1.Cc1ncc(CC#N)cn1. The molecule has 0 saturated heterocycles. The first-order chi connectivity index (χ1) is 17.2. The third kappa shape index (κ3) is 8.61. The van der Waals surface area contributed by atoms with Gasteiger partial charge >= 0.3 is 11.9 Å². The summed E-state index contributed by atoms with van der Waals surface area (Å²) in [4.78, 5) is 37.6. The fourth-order valence-electron chi connectivity index (χ4n) is 3.02. The Balaban J connectivity index is 0.000000335. The largest absolute Gasteiger partial charge is 0.512 e. The average molecular weight is 493 g/mol. The van der Waals surface area contributed by atoms with Crippen LogP contribution in [0, 0.1) is 36.5 Å². The minimum atomic E-state index is -0.899. The number of aromatic nitrogens is 4. The van der Waals surface area contributed by atoms with Crippen LogP contribution in [0.1, 0.15) is 42.0 Å². The van der Waals surface area contributed by atoms with Crippen LogP contribution in [0.25, 0.3) is 0 Å². The fourth-order valence-corrected chi connectivity index (χ4v) is 3.02. The van der Waals surface area contributed by atoms with E-state index in [-0.39, 0.29) is 24.2 Å². The summed E-state index contributed by atoms with van der Waals surface area (Å²) in [5.41, 5.74) is 0.775. The number of nitrogens with zero attached hydrogens (tertiary/aromatic N) is 6. The molecule has 1 aliphatic rings. The molecule has 0 saturated carbocycles. The molecule has 188 valence electrons. The van der Waals surface area contributed by atoms with Crippen LogP contribution in [0.2, 0.25) is 0 Å². The number of allylic oxidation sites excluding steroid dienone is 1. The van der Waals surface area contributed by atoms with Gasteiger partial charge in [-0.15, -0.1) is 0 Å². The first kappa shape index (κ1) is 29.4. The maximum Gasteiger partial charge on any atom is 0.337 e. The zero-order chi connectivity index (χ0) is 27.1. The molecule has 0 amide bonds. The minimum absolute atomic E-state index is 0.00393. The highest BCUT2D eigenvalue weighted by Crippen LogP contribution is 2.40. The number of nitriles is 2. The summed E-state index contributed by atoms with van der Waals surface area (Å²) >= 11 is 0. The number of carbonyl (C=O) groups excluding carboxylic acids is 2. The third-order valence-electron chi connectivity index (χ3n) is 5.08. The van der Waals surface area contributed by atoms with Gasteiger partial charge in [-0.1, -0.05) is 6.58 Å². The molecule has 0 bridgehead atoms. The van der Waals surface area contributed by atoms with Crippen molar-refractivity contribution >= 4 is 11.9 Å². The van der Waals surface area contributed by atoms with E-state index in [2.05, 4.69) is 42.1 Å². The van der Waals surface area contributed by atoms with Gasteiger partial charge in [0.15, 0.2) is 0 Å². The number of methoxy groups -OCH3 is 2. The monoisotopic (exact) mass is 492 g/mol. The molecular weight excluding hydrogens is 464 g/mol. The van der Waals surface area contributed by atoms with Crippen molar-refractivity contribution in [2.45, 2.75) is 44.9 Å². The van der Waals surface area contributed by atoms with Gasteiger partial charge in [0.05, 0.1) is 43.8 Å². The number of rotatable bonds is 4. The number of hydrogen-bond acceptors (Lipinski definition) is 11. The van der Waals surface area contributed by atoms with Crippen molar-refractivity contribution < 1.29 is 24.2 Å². The van der Waals surface area contributed by atoms with Crippen molar-refractivity contribution in [3.8, 4) is 12.1 Å². The molecule has 0 spiro atoms. The van der Waals surface area contributed by atoms with Gasteiger partial charge in [0.2, 0.25) is 0 Å². The molecule has 3 rings (SSSR count). The van der Waals surface area contributed by atoms with Crippen LogP contribution in [0.15, 0.2) is 48.8 Å². The summed E-state index contributed by atoms with van der Waals surface area (Å²) in [6.45, 7) is 6.73. The van der Waals surface area contributed by atoms with E-state index >= 15 is 0 Å². The van der Waals surface area contributed by atoms with Crippen LogP contribution in [-0.4, -0.2) is 51.2 Å². The summed E-state index contributed by atoms with van der Waals surface area (Å²) in [6.07, 6.45) is 8.82. The molecule has 2 heterocycles. The Labute approximate surface area is 209 Å². The lowest BCUT2D eigenvalue weighted by Gasteiger charge is -2.31. The molecular formula is C25H28N6O5. The van der Waals surface area contributed by atoms with Crippen molar-refractivity contribution in [2.24, 2.45) is 0 Å². The van der Waals surface area contributed by atoms with E-state index in [1.807, 2.05) is 13.0 Å². The molecule has 0 aromatic carbocycles. The van der Waals surface area contributed by atoms with E-state index < -0.39 is 17.4 Å². The standard InChI is InChI=1S/C14H15N3O3.C7H7N3.C4H6O2/c1-9-16-6-10(7-17-9)14(8-15)4-3-12(18)11(5-14)13(19)20-2;1-6-9-4-7(2-3-8)5-10-6;1-3-4(5)6-2/h6-7,18H,3-5H2,1-2H3;4-5H,2H2,1H3;3H,1H2,2H3. The maximum absolute atomic E-state index is 11.7. The molecule has 2 aromatic heterocycles. The van der Waals surface area contributed by atoms with Crippen LogP contribution >= 0.6 is 0 Å². The summed E-state index contributed by atoms with van der Waals surface area (Å²) in [6, 6.07) is 4.27. The molecule has 0 radical (unpaired) electrons. The number of carbonyl (C=O) groups is 2. The highest BCUT2D eigenvalue weighted by atomic mass is 16.5. The second kappa shape index (κ2) is 14.6. The molecule has 36 heavy (non-hydrogen) atoms. The Bertz CT molecular complexity index is 1160. The minimum Gasteiger partial charge on any atom is -0.512 e. The lowest BCUT2D eigenvalue weighted by molar-refractivity contribution is -0.137. The molecule has 2 aromatic rings. The van der Waals surface area contributed by atoms with E-state index in [9.17, 15) is 20.0 Å². The number of hydrogen-bond donors (Lipinski definition) is 1. The summed E-state index contributed by atoms with van der Waals surface area (Å²) in [7, 11) is 2.56. The lowest BCUT2D eigenvalue weighted by atomic mass is 9.70. The van der Waals surface area contributed by atoms with Crippen molar-refractivity contribution in [3.63, 3.8) is 0 Å². The highest BCUT2D eigenvalue weighted by Gasteiger charge is 2.40. The van der Waals surface area contributed by atoms with Crippen LogP contribution in [0.4, 0.5) is 0 Å². The Hall–Kier alpha value is -4.64. The second-order valence-electron chi connectivity index (χ2n) is 7.51. The number of ether oxygens (including phenoxy) is 2. The smallest absolute Gasteiger partial charge is 0.337 e. The molecule has 1 aliphatic carbocycles. The lowest BCUT2D eigenvalue weighted by Crippen LogP contribution is -2.31. The summed E-state index contributed by atoms with van der Waals surface area (Å²) in [5, 5.41) is 27.7. The van der Waals surface area contributed by atoms with E-state index in [4.69, 9.17) is 5.26 Å². The van der Waals surface area contributed by atoms with Crippen LogP contribution in [-0.2, 0) is 30.9 Å². The molecule has 11 heteroatoms. The summed E-state index contributed by atoms with van der Waals surface area (Å²) in [5.74, 6) is 0.353. The average Bonchev–Trinajstić information content (AvgIpc) is 2.91. The Morgan fingerprint density at radius 3 is 2.06 bits per heavy atom. The van der Waals surface area contributed by atoms with E-state index in [1.165, 1.54) is 14.2 Å². The first-order valence-electron chi connectivity index (χ1n) is 10.7. The molecule has 1 unspecified atom stereocenters. The first-order valence-corrected chi connectivity index (χ1v) is 10.7. The van der Waals surface area contributed by atoms with Crippen LogP contribution in [0.3, 0.4) is 0 Å². The predicted molar refractivity (Wildman–Crippen MR) is 128 cm³/mol. The van der Waals surface area contributed by atoms with Gasteiger partial charge in [0.1, 0.15) is 17.4 Å². The highest BCUT2D eigenvalue weighted by molar-refractivity contribution is 5.89. The predicted octanol–water partition coefficient (Wildman–Crippen LogP) is 2.91. The van der Waals surface area contributed by atoms with E-state index in [1.54, 1.807) is 31.7 Å². The van der Waals surface area contributed by atoms with E-state index in [0.29, 0.717) is 24.2 Å². The quantitative estimate of drug-likeness (QED) is 0.491. The summed E-state index contributed by atoms with van der Waals surface area (Å²) < 4.78 is 8.80. The van der Waals surface area contributed by atoms with Gasteiger partial charge in [0.25, 0.3) is 0 Å². The van der Waals surface area contributed by atoms with Crippen molar-refractivity contribution in [1.29, 1.82) is 10.5 Å². The van der Waals surface area contributed by atoms with Crippen LogP contribution < -0.4 is 0 Å². The number of aliphatic hydroxyl groups excluding tert-OH is 1. The van der Waals surface area contributed by atoms with Gasteiger partial charge < -0.3 is 14.6 Å². The maximum atomic E-state index is 11.7. The van der Waals surface area contributed by atoms with Gasteiger partial charge in [-0.25, -0.2) is 29.5 Å². The molecule has 0 fully saturated rings. The number of aliphatic hydroxyl groups is 1. The number of esters is 2. The van der Waals surface area contributed by atoms with Gasteiger partial charge in [-0.05, 0) is 20.3 Å². The van der Waals surface area contributed by atoms with Crippen molar-refractivity contribution in [2.75, 3.05) is 14.2 Å². The van der Waals surface area contributed by atoms with Gasteiger partial charge in [-0.3, -0.25) is 0 Å². The van der Waals surface area contributed by atoms with Gasteiger partial charge in [0, 0.05) is 54.8 Å². The van der Waals surface area contributed by atoms with Crippen molar-refractivity contribution in [1.82, 2.24) is 19.9 Å². The van der Waals surface area contributed by atoms with Gasteiger partial charge in [-0.2, -0.15) is 10.5 Å². The topological polar surface area (TPSA) is 172 Å². The van der Waals surface area contributed by atoms with Crippen LogP contribution in [0.5, 0.6) is 0 Å². The molecule has 0 aliphatic heterocycles. The molecule has 11 nitrogen and oxygen atoms in total. The van der Waals surface area contributed by atoms with Crippen molar-refractivity contribution in [3.05, 3.63) is 71.6 Å². The second-order valence-corrected chi connectivity index (χ2v) is 7.51. The Kier molecular flexibility index (Phi) is 11.9. The third-order valence-corrected chi connectivity index (χ3v) is 5.08. The Morgan fingerprint density at radius 1 is 1.08 bits per heavy atom. The van der Waals surface area contributed by atoms with E-state index in [0.717, 1.165) is 17.5 Å². The molecule has 1 N–H and O–H groups in total. The fraction of sp³-hybridized carbons (Fsp3) is 0.360. The Morgan fingerprint density at radius 2 is 1.64 bits per heavy atom. The zero-order valence-electron chi connectivity index (χ0n) is 20.7. The number of aryl methyl sites for hydroxylation is 2.